The zero-order chi connectivity index (χ0) is 19.5. The highest BCUT2D eigenvalue weighted by molar-refractivity contribution is 4.71. The molecule has 0 heterocycles. The molecule has 0 spiro atoms. The SMILES string of the molecule is CCCCC(CC)CN(CCNCCNCCN)CC(CC)CCCC. The van der Waals surface area contributed by atoms with Crippen molar-refractivity contribution in [3.8, 4) is 0 Å². The van der Waals surface area contributed by atoms with E-state index >= 15 is 0 Å². The number of hydrogen-bond acceptors (Lipinski definition) is 4. The summed E-state index contributed by atoms with van der Waals surface area (Å²) in [6.45, 7) is 17.9. The number of nitrogens with zero attached hydrogens (tertiary/aromatic N) is 1. The van der Waals surface area contributed by atoms with Crippen molar-refractivity contribution in [2.75, 3.05) is 52.4 Å². The third-order valence-electron chi connectivity index (χ3n) is 5.52. The molecule has 4 heteroatoms. The number of hydrogen-bond donors (Lipinski definition) is 3. The second-order valence-corrected chi connectivity index (χ2v) is 7.88. The van der Waals surface area contributed by atoms with Gasteiger partial charge in [-0.15, -0.1) is 0 Å². The smallest absolute Gasteiger partial charge is 0.0107 e. The Morgan fingerprint density at radius 3 is 1.65 bits per heavy atom. The molecule has 0 rings (SSSR count). The molecular weight excluding hydrogens is 320 g/mol. The molecule has 0 bridgehead atoms. The summed E-state index contributed by atoms with van der Waals surface area (Å²) in [4.78, 5) is 2.76. The molecule has 0 aromatic carbocycles. The Morgan fingerprint density at radius 1 is 0.731 bits per heavy atom. The monoisotopic (exact) mass is 370 g/mol. The van der Waals surface area contributed by atoms with E-state index in [9.17, 15) is 0 Å². The van der Waals surface area contributed by atoms with E-state index in [1.54, 1.807) is 0 Å². The number of rotatable bonds is 20. The van der Waals surface area contributed by atoms with Gasteiger partial charge in [0, 0.05) is 52.4 Å². The van der Waals surface area contributed by atoms with Gasteiger partial charge in [0.2, 0.25) is 0 Å². The summed E-state index contributed by atoms with van der Waals surface area (Å²) in [6.07, 6.45) is 10.8. The second kappa shape index (κ2) is 19.6. The molecule has 0 aliphatic heterocycles. The van der Waals surface area contributed by atoms with E-state index in [4.69, 9.17) is 5.73 Å². The highest BCUT2D eigenvalue weighted by atomic mass is 15.1. The van der Waals surface area contributed by atoms with Crippen molar-refractivity contribution in [2.24, 2.45) is 17.6 Å². The number of nitrogens with one attached hydrogen (secondary N) is 2. The van der Waals surface area contributed by atoms with E-state index < -0.39 is 0 Å². The Hall–Kier alpha value is -0.160. The first-order valence-electron chi connectivity index (χ1n) is 11.5. The average Bonchev–Trinajstić information content (AvgIpc) is 2.66. The lowest BCUT2D eigenvalue weighted by atomic mass is 9.95. The van der Waals surface area contributed by atoms with Crippen LogP contribution in [0.15, 0.2) is 0 Å². The van der Waals surface area contributed by atoms with Crippen LogP contribution in [0, 0.1) is 11.8 Å². The summed E-state index contributed by atoms with van der Waals surface area (Å²) in [5.41, 5.74) is 5.51. The fraction of sp³-hybridized carbons (Fsp3) is 1.00. The van der Waals surface area contributed by atoms with E-state index in [1.165, 1.54) is 71.0 Å². The maximum Gasteiger partial charge on any atom is 0.0107 e. The molecule has 158 valence electrons. The van der Waals surface area contributed by atoms with Crippen LogP contribution >= 0.6 is 0 Å². The fourth-order valence-electron chi connectivity index (χ4n) is 3.59. The van der Waals surface area contributed by atoms with Gasteiger partial charge in [0.15, 0.2) is 0 Å². The first-order chi connectivity index (χ1) is 12.7. The third-order valence-corrected chi connectivity index (χ3v) is 5.52. The maximum atomic E-state index is 5.51. The van der Waals surface area contributed by atoms with Crippen LogP contribution in [0.2, 0.25) is 0 Å². The van der Waals surface area contributed by atoms with Crippen molar-refractivity contribution in [1.82, 2.24) is 15.5 Å². The van der Waals surface area contributed by atoms with Gasteiger partial charge >= 0.3 is 0 Å². The molecule has 0 saturated heterocycles. The van der Waals surface area contributed by atoms with Gasteiger partial charge in [0.1, 0.15) is 0 Å². The van der Waals surface area contributed by atoms with Gasteiger partial charge < -0.3 is 21.3 Å². The van der Waals surface area contributed by atoms with Crippen molar-refractivity contribution in [3.05, 3.63) is 0 Å². The highest BCUT2D eigenvalue weighted by Gasteiger charge is 2.16. The Morgan fingerprint density at radius 2 is 1.23 bits per heavy atom. The minimum Gasteiger partial charge on any atom is -0.329 e. The minimum atomic E-state index is 0.722. The van der Waals surface area contributed by atoms with Crippen LogP contribution in [-0.4, -0.2) is 57.3 Å². The van der Waals surface area contributed by atoms with Crippen molar-refractivity contribution < 1.29 is 0 Å². The van der Waals surface area contributed by atoms with Gasteiger partial charge in [-0.25, -0.2) is 0 Å². The predicted molar refractivity (Wildman–Crippen MR) is 118 cm³/mol. The van der Waals surface area contributed by atoms with Crippen molar-refractivity contribution >= 4 is 0 Å². The van der Waals surface area contributed by atoms with E-state index in [1.807, 2.05) is 0 Å². The Bertz CT molecular complexity index is 255. The van der Waals surface area contributed by atoms with Crippen LogP contribution in [-0.2, 0) is 0 Å². The molecule has 0 amide bonds. The van der Waals surface area contributed by atoms with Gasteiger partial charge in [0.25, 0.3) is 0 Å². The largest absolute Gasteiger partial charge is 0.329 e. The number of unbranched alkanes of at least 4 members (excludes halogenated alkanes) is 2. The molecule has 0 saturated carbocycles. The van der Waals surface area contributed by atoms with E-state index in [0.29, 0.717) is 0 Å². The lowest BCUT2D eigenvalue weighted by molar-refractivity contribution is 0.182. The second-order valence-electron chi connectivity index (χ2n) is 7.88. The van der Waals surface area contributed by atoms with E-state index in [-0.39, 0.29) is 0 Å². The molecule has 4 nitrogen and oxygen atoms in total. The average molecular weight is 371 g/mol. The Balaban J connectivity index is 4.36. The molecule has 0 fully saturated rings. The third kappa shape index (κ3) is 15.0. The predicted octanol–water partition coefficient (Wildman–Crippen LogP) is 3.86. The van der Waals surface area contributed by atoms with Crippen molar-refractivity contribution in [1.29, 1.82) is 0 Å². The molecule has 0 radical (unpaired) electrons. The summed E-state index contributed by atoms with van der Waals surface area (Å²) in [7, 11) is 0. The first kappa shape index (κ1) is 25.8. The van der Waals surface area contributed by atoms with Crippen LogP contribution in [0.4, 0.5) is 0 Å². The Labute approximate surface area is 165 Å². The summed E-state index contributed by atoms with van der Waals surface area (Å²) in [5, 5.41) is 6.95. The molecular formula is C22H50N4. The standard InChI is InChI=1S/C22H50N4/c1-5-9-11-21(7-3)19-26(20-22(8-4)12-10-6-2)18-17-25-16-15-24-14-13-23/h21-22,24-25H,5-20,23H2,1-4H3. The van der Waals surface area contributed by atoms with Gasteiger partial charge in [-0.1, -0.05) is 66.2 Å². The van der Waals surface area contributed by atoms with Crippen LogP contribution in [0.3, 0.4) is 0 Å². The molecule has 0 aliphatic carbocycles. The minimum absolute atomic E-state index is 0.722. The van der Waals surface area contributed by atoms with Gasteiger partial charge in [-0.3, -0.25) is 0 Å². The normalized spacial score (nSPS) is 14.1. The van der Waals surface area contributed by atoms with Crippen LogP contribution in [0.25, 0.3) is 0 Å². The van der Waals surface area contributed by atoms with Gasteiger partial charge in [0.05, 0.1) is 0 Å². The summed E-state index contributed by atoms with van der Waals surface area (Å²) in [5.74, 6) is 1.73. The molecule has 0 aromatic heterocycles. The summed E-state index contributed by atoms with van der Waals surface area (Å²) < 4.78 is 0. The quantitative estimate of drug-likeness (QED) is 0.285. The molecule has 0 aliphatic rings. The summed E-state index contributed by atoms with van der Waals surface area (Å²) in [6, 6.07) is 0. The van der Waals surface area contributed by atoms with E-state index in [2.05, 4.69) is 43.2 Å². The maximum absolute atomic E-state index is 5.51. The van der Waals surface area contributed by atoms with Crippen LogP contribution in [0.1, 0.15) is 79.1 Å². The first-order valence-corrected chi connectivity index (χ1v) is 11.5. The molecule has 2 atom stereocenters. The highest BCUT2D eigenvalue weighted by Crippen LogP contribution is 2.18. The molecule has 0 aromatic rings. The Kier molecular flexibility index (Phi) is 19.5. The van der Waals surface area contributed by atoms with Gasteiger partial charge in [-0.05, 0) is 24.7 Å². The molecule has 26 heavy (non-hydrogen) atoms. The van der Waals surface area contributed by atoms with Crippen LogP contribution in [0.5, 0.6) is 0 Å². The van der Waals surface area contributed by atoms with E-state index in [0.717, 1.165) is 44.6 Å². The van der Waals surface area contributed by atoms with Crippen LogP contribution < -0.4 is 16.4 Å². The molecule has 4 N–H and O–H groups in total. The topological polar surface area (TPSA) is 53.3 Å². The fourth-order valence-corrected chi connectivity index (χ4v) is 3.59. The zero-order valence-corrected chi connectivity index (χ0v) is 18.5. The van der Waals surface area contributed by atoms with Crippen molar-refractivity contribution in [3.63, 3.8) is 0 Å². The lowest BCUT2D eigenvalue weighted by Gasteiger charge is -2.30. The van der Waals surface area contributed by atoms with Crippen molar-refractivity contribution in [2.45, 2.75) is 79.1 Å². The van der Waals surface area contributed by atoms with Gasteiger partial charge in [-0.2, -0.15) is 0 Å². The summed E-state index contributed by atoms with van der Waals surface area (Å²) >= 11 is 0. The zero-order valence-electron chi connectivity index (χ0n) is 18.5. The molecule has 2 unspecified atom stereocenters. The number of nitrogens with two attached hydrogens (primary N) is 1. The lowest BCUT2D eigenvalue weighted by Crippen LogP contribution is -2.40.